The maximum absolute atomic E-state index is 13.0. The molecule has 0 saturated carbocycles. The molecule has 32 heavy (non-hydrogen) atoms. The fourth-order valence-corrected chi connectivity index (χ4v) is 4.23. The fraction of sp³-hybridized carbons (Fsp3) is 0.318. The van der Waals surface area contributed by atoms with Gasteiger partial charge in [0.1, 0.15) is 6.54 Å². The highest BCUT2D eigenvalue weighted by Gasteiger charge is 2.38. The smallest absolute Gasteiger partial charge is 0.385 e. The summed E-state index contributed by atoms with van der Waals surface area (Å²) in [5, 5.41) is 11.4. The summed E-state index contributed by atoms with van der Waals surface area (Å²) in [6.07, 6.45) is -4.34. The van der Waals surface area contributed by atoms with E-state index in [-0.39, 0.29) is 54.3 Å². The lowest BCUT2D eigenvalue weighted by Gasteiger charge is -2.38. The monoisotopic (exact) mass is 463 g/mol. The van der Waals surface area contributed by atoms with Gasteiger partial charge in [0.05, 0.1) is 22.1 Å². The van der Waals surface area contributed by atoms with E-state index in [1.165, 1.54) is 21.6 Å². The molecule has 168 valence electrons. The minimum Gasteiger partial charge on any atom is -0.385 e. The van der Waals surface area contributed by atoms with Gasteiger partial charge in [-0.25, -0.2) is 0 Å². The predicted molar refractivity (Wildman–Crippen MR) is 115 cm³/mol. The van der Waals surface area contributed by atoms with Crippen LogP contribution < -0.4 is 5.56 Å². The zero-order chi connectivity index (χ0) is 23.1. The van der Waals surface area contributed by atoms with Crippen LogP contribution in [0.3, 0.4) is 0 Å². The Morgan fingerprint density at radius 1 is 1.12 bits per heavy atom. The van der Waals surface area contributed by atoms with Crippen molar-refractivity contribution in [1.82, 2.24) is 14.5 Å². The first-order valence-electron chi connectivity index (χ1n) is 9.98. The van der Waals surface area contributed by atoms with E-state index < -0.39 is 17.3 Å². The minimum atomic E-state index is -4.50. The zero-order valence-electron chi connectivity index (χ0n) is 16.9. The maximum Gasteiger partial charge on any atom is 0.416 e. The third-order valence-electron chi connectivity index (χ3n) is 5.85. The highest BCUT2D eigenvalue weighted by atomic mass is 32.1. The number of aliphatic hydroxyl groups is 1. The summed E-state index contributed by atoms with van der Waals surface area (Å²) in [6.45, 7) is 0.0236. The predicted octanol–water partition coefficient (Wildman–Crippen LogP) is 3.59. The molecular weight excluding hydrogens is 443 g/mol. The topological polar surface area (TPSA) is 78.3 Å². The summed E-state index contributed by atoms with van der Waals surface area (Å²) < 4.78 is 40.4. The van der Waals surface area contributed by atoms with Gasteiger partial charge in [-0.2, -0.15) is 13.2 Å². The molecule has 3 aromatic rings. The third kappa shape index (κ3) is 4.20. The normalized spacial score (nSPS) is 16.3. The number of likely N-dealkylation sites (tertiary alicyclic amines) is 1. The highest BCUT2D eigenvalue weighted by molar-refractivity contribution is 7.71. The van der Waals surface area contributed by atoms with Crippen LogP contribution in [0.1, 0.15) is 24.0 Å². The number of para-hydroxylation sites is 1. The van der Waals surface area contributed by atoms with Crippen molar-refractivity contribution in [1.29, 1.82) is 0 Å². The van der Waals surface area contributed by atoms with Crippen molar-refractivity contribution in [2.45, 2.75) is 31.2 Å². The van der Waals surface area contributed by atoms with Gasteiger partial charge in [0.15, 0.2) is 4.77 Å². The summed E-state index contributed by atoms with van der Waals surface area (Å²) >= 11 is 5.23. The summed E-state index contributed by atoms with van der Waals surface area (Å²) in [5.41, 5.74) is -1.92. The second kappa shape index (κ2) is 8.18. The molecule has 0 unspecified atom stereocenters. The van der Waals surface area contributed by atoms with Crippen LogP contribution >= 0.6 is 12.2 Å². The molecule has 4 rings (SSSR count). The average Bonchev–Trinajstić information content (AvgIpc) is 2.76. The number of aromatic amines is 1. The molecule has 1 amide bonds. The number of amides is 1. The second-order valence-corrected chi connectivity index (χ2v) is 8.24. The van der Waals surface area contributed by atoms with E-state index in [1.807, 2.05) is 0 Å². The van der Waals surface area contributed by atoms with Crippen molar-refractivity contribution in [3.05, 3.63) is 74.8 Å². The molecule has 2 aromatic carbocycles. The number of piperidine rings is 1. The third-order valence-corrected chi connectivity index (χ3v) is 6.18. The molecule has 0 spiro atoms. The SMILES string of the molecule is O=C(Cn1c(=S)[nH]c2ccccc2c1=O)N1CCC(O)(c2cccc(C(F)(F)F)c2)CC1. The summed E-state index contributed by atoms with van der Waals surface area (Å²) in [4.78, 5) is 30.0. The Balaban J connectivity index is 1.49. The molecule has 0 radical (unpaired) electrons. The molecule has 1 aromatic heterocycles. The van der Waals surface area contributed by atoms with E-state index >= 15 is 0 Å². The number of carbonyl (C=O) groups is 1. The van der Waals surface area contributed by atoms with Crippen molar-refractivity contribution >= 4 is 29.0 Å². The Hall–Kier alpha value is -2.98. The number of alkyl halides is 3. The quantitative estimate of drug-likeness (QED) is 0.582. The highest BCUT2D eigenvalue weighted by Crippen LogP contribution is 2.36. The van der Waals surface area contributed by atoms with Crippen LogP contribution in [-0.4, -0.2) is 38.6 Å². The molecule has 2 heterocycles. The van der Waals surface area contributed by atoms with E-state index in [1.54, 1.807) is 24.3 Å². The lowest BCUT2D eigenvalue weighted by Crippen LogP contribution is -2.47. The number of H-pyrrole nitrogens is 1. The number of nitrogens with zero attached hydrogens (tertiary/aromatic N) is 2. The van der Waals surface area contributed by atoms with E-state index in [4.69, 9.17) is 12.2 Å². The molecule has 1 aliphatic rings. The van der Waals surface area contributed by atoms with Crippen molar-refractivity contribution in [3.63, 3.8) is 0 Å². The largest absolute Gasteiger partial charge is 0.416 e. The van der Waals surface area contributed by atoms with Gasteiger partial charge in [0.25, 0.3) is 5.56 Å². The molecule has 1 saturated heterocycles. The minimum absolute atomic E-state index is 0.0829. The first kappa shape index (κ1) is 22.2. The number of hydrogen-bond acceptors (Lipinski definition) is 4. The van der Waals surface area contributed by atoms with Gasteiger partial charge < -0.3 is 15.0 Å². The number of rotatable bonds is 3. The fourth-order valence-electron chi connectivity index (χ4n) is 3.98. The van der Waals surface area contributed by atoms with Gasteiger partial charge in [0, 0.05) is 13.1 Å². The Morgan fingerprint density at radius 3 is 2.50 bits per heavy atom. The standard InChI is InChI=1S/C22H20F3N3O3S/c23-22(24,25)15-5-3-4-14(12-15)21(31)8-10-27(11-9-21)18(29)13-28-19(30)16-6-1-2-7-17(16)26-20(28)32/h1-7,12,31H,8-11,13H2,(H,26,32). The van der Waals surface area contributed by atoms with E-state index in [9.17, 15) is 27.9 Å². The molecule has 0 bridgehead atoms. The number of nitrogens with one attached hydrogen (secondary N) is 1. The van der Waals surface area contributed by atoms with Gasteiger partial charge in [-0.05, 0) is 54.9 Å². The van der Waals surface area contributed by atoms with Crippen LogP contribution in [0, 0.1) is 4.77 Å². The number of aromatic nitrogens is 2. The summed E-state index contributed by atoms with van der Waals surface area (Å²) in [6, 6.07) is 11.5. The summed E-state index contributed by atoms with van der Waals surface area (Å²) in [5.74, 6) is -0.354. The van der Waals surface area contributed by atoms with Crippen LogP contribution in [0.2, 0.25) is 0 Å². The van der Waals surface area contributed by atoms with Crippen molar-refractivity contribution in [3.8, 4) is 0 Å². The lowest BCUT2D eigenvalue weighted by molar-refractivity contribution is -0.137. The zero-order valence-corrected chi connectivity index (χ0v) is 17.7. The molecule has 0 aliphatic carbocycles. The summed E-state index contributed by atoms with van der Waals surface area (Å²) in [7, 11) is 0. The molecule has 2 N–H and O–H groups in total. The first-order chi connectivity index (χ1) is 15.1. The molecular formula is C22H20F3N3O3S. The first-order valence-corrected chi connectivity index (χ1v) is 10.4. The van der Waals surface area contributed by atoms with Gasteiger partial charge in [-0.15, -0.1) is 0 Å². The van der Waals surface area contributed by atoms with E-state index in [0.29, 0.717) is 10.9 Å². The van der Waals surface area contributed by atoms with Crippen molar-refractivity contribution in [2.75, 3.05) is 13.1 Å². The average molecular weight is 463 g/mol. The van der Waals surface area contributed by atoms with Gasteiger partial charge in [-0.3, -0.25) is 14.2 Å². The Labute approximate surface area is 185 Å². The van der Waals surface area contributed by atoms with Crippen LogP contribution in [0.25, 0.3) is 10.9 Å². The number of benzene rings is 2. The van der Waals surface area contributed by atoms with Crippen molar-refractivity contribution < 1.29 is 23.1 Å². The van der Waals surface area contributed by atoms with E-state index in [0.717, 1.165) is 12.1 Å². The number of hydrogen-bond donors (Lipinski definition) is 2. The van der Waals surface area contributed by atoms with Crippen LogP contribution in [-0.2, 0) is 23.1 Å². The van der Waals surface area contributed by atoms with Crippen LogP contribution in [0.5, 0.6) is 0 Å². The number of fused-ring (bicyclic) bond motifs is 1. The lowest BCUT2D eigenvalue weighted by atomic mass is 9.83. The van der Waals surface area contributed by atoms with Crippen LogP contribution in [0.4, 0.5) is 13.2 Å². The Bertz CT molecular complexity index is 1290. The van der Waals surface area contributed by atoms with Crippen molar-refractivity contribution in [2.24, 2.45) is 0 Å². The van der Waals surface area contributed by atoms with Gasteiger partial charge >= 0.3 is 6.18 Å². The Kier molecular flexibility index (Phi) is 5.68. The molecule has 1 aliphatic heterocycles. The molecule has 6 nitrogen and oxygen atoms in total. The van der Waals surface area contributed by atoms with Crippen LogP contribution in [0.15, 0.2) is 53.3 Å². The number of halogens is 3. The molecule has 10 heteroatoms. The molecule has 1 fully saturated rings. The molecule has 0 atom stereocenters. The van der Waals surface area contributed by atoms with E-state index in [2.05, 4.69) is 4.98 Å². The maximum atomic E-state index is 13.0. The van der Waals surface area contributed by atoms with Gasteiger partial charge in [0.2, 0.25) is 5.91 Å². The number of carbonyl (C=O) groups excluding carboxylic acids is 1. The van der Waals surface area contributed by atoms with Gasteiger partial charge in [-0.1, -0.05) is 24.3 Å². The Morgan fingerprint density at radius 2 is 1.81 bits per heavy atom. The second-order valence-electron chi connectivity index (χ2n) is 7.86.